The molecule has 1 aromatic heterocycles. The number of rotatable bonds is 3. The minimum Gasteiger partial charge on any atom is -0.381 e. The summed E-state index contributed by atoms with van der Waals surface area (Å²) in [6, 6.07) is 0. The SMILES string of the molecule is Nc1cn(COCC(F)(F)F)nn1. The minimum atomic E-state index is -4.33. The van der Waals surface area contributed by atoms with E-state index >= 15 is 0 Å². The van der Waals surface area contributed by atoms with E-state index in [0.29, 0.717) is 0 Å². The molecule has 0 saturated heterocycles. The predicted molar refractivity (Wildman–Crippen MR) is 36.4 cm³/mol. The van der Waals surface area contributed by atoms with E-state index in [-0.39, 0.29) is 12.5 Å². The van der Waals surface area contributed by atoms with Gasteiger partial charge in [0.25, 0.3) is 0 Å². The molecule has 0 amide bonds. The molecule has 0 radical (unpaired) electrons. The van der Waals surface area contributed by atoms with Crippen LogP contribution in [-0.4, -0.2) is 27.8 Å². The number of nitrogen functional groups attached to an aromatic ring is 1. The summed E-state index contributed by atoms with van der Waals surface area (Å²) < 4.78 is 40.1. The van der Waals surface area contributed by atoms with Gasteiger partial charge in [-0.05, 0) is 0 Å². The van der Waals surface area contributed by atoms with Crippen molar-refractivity contribution >= 4 is 5.82 Å². The number of hydrogen-bond acceptors (Lipinski definition) is 4. The second kappa shape index (κ2) is 3.60. The van der Waals surface area contributed by atoms with Gasteiger partial charge in [-0.1, -0.05) is 5.21 Å². The standard InChI is InChI=1S/C5H7F3N4O/c6-5(7,8)2-13-3-12-1-4(9)10-11-12/h1H,2-3,9H2. The third-order valence-corrected chi connectivity index (χ3v) is 1.05. The summed E-state index contributed by atoms with van der Waals surface area (Å²) >= 11 is 0. The Bertz CT molecular complexity index is 271. The van der Waals surface area contributed by atoms with Crippen LogP contribution in [0, 0.1) is 0 Å². The number of hydrogen-bond donors (Lipinski definition) is 1. The van der Waals surface area contributed by atoms with Gasteiger partial charge in [-0.25, -0.2) is 4.68 Å². The van der Waals surface area contributed by atoms with Crippen LogP contribution in [0.4, 0.5) is 19.0 Å². The molecule has 0 atom stereocenters. The molecule has 1 aromatic rings. The zero-order chi connectivity index (χ0) is 9.90. The lowest BCUT2D eigenvalue weighted by Crippen LogP contribution is -2.18. The Morgan fingerprint density at radius 3 is 2.69 bits per heavy atom. The lowest BCUT2D eigenvalue weighted by atomic mass is 10.7. The fraction of sp³-hybridized carbons (Fsp3) is 0.600. The molecule has 0 spiro atoms. The van der Waals surface area contributed by atoms with Gasteiger partial charge in [0.15, 0.2) is 5.82 Å². The summed E-state index contributed by atoms with van der Waals surface area (Å²) in [5.74, 6) is 0.135. The van der Waals surface area contributed by atoms with Gasteiger partial charge in [-0.3, -0.25) is 0 Å². The molecule has 74 valence electrons. The summed E-state index contributed by atoms with van der Waals surface area (Å²) in [5.41, 5.74) is 5.16. The van der Waals surface area contributed by atoms with E-state index in [9.17, 15) is 13.2 Å². The zero-order valence-corrected chi connectivity index (χ0v) is 6.45. The largest absolute Gasteiger partial charge is 0.411 e. The number of alkyl halides is 3. The summed E-state index contributed by atoms with van der Waals surface area (Å²) in [6.07, 6.45) is -3.05. The number of nitrogens with zero attached hydrogens (tertiary/aromatic N) is 3. The first-order valence-electron chi connectivity index (χ1n) is 3.27. The zero-order valence-electron chi connectivity index (χ0n) is 6.45. The van der Waals surface area contributed by atoms with Gasteiger partial charge in [0, 0.05) is 0 Å². The Morgan fingerprint density at radius 2 is 2.23 bits per heavy atom. The van der Waals surface area contributed by atoms with Crippen LogP contribution in [0.15, 0.2) is 6.20 Å². The van der Waals surface area contributed by atoms with Crippen molar-refractivity contribution in [2.45, 2.75) is 12.9 Å². The van der Waals surface area contributed by atoms with Gasteiger partial charge in [0.1, 0.15) is 13.3 Å². The van der Waals surface area contributed by atoms with Crippen LogP contribution in [0.5, 0.6) is 0 Å². The Hall–Kier alpha value is -1.31. The topological polar surface area (TPSA) is 66.0 Å². The summed E-state index contributed by atoms with van der Waals surface area (Å²) in [6.45, 7) is -1.63. The molecule has 5 nitrogen and oxygen atoms in total. The Balaban J connectivity index is 2.28. The number of nitrogens with two attached hydrogens (primary N) is 1. The fourth-order valence-corrected chi connectivity index (χ4v) is 0.631. The molecule has 0 saturated carbocycles. The van der Waals surface area contributed by atoms with Crippen LogP contribution in [0.2, 0.25) is 0 Å². The molecule has 0 aliphatic rings. The van der Waals surface area contributed by atoms with Crippen LogP contribution < -0.4 is 5.73 Å². The van der Waals surface area contributed by atoms with Crippen molar-refractivity contribution in [3.8, 4) is 0 Å². The molecule has 8 heteroatoms. The molecule has 1 rings (SSSR count). The molecule has 1 heterocycles. The van der Waals surface area contributed by atoms with Crippen molar-refractivity contribution in [3.63, 3.8) is 0 Å². The predicted octanol–water partition coefficient (Wildman–Crippen LogP) is 0.397. The van der Waals surface area contributed by atoms with E-state index in [4.69, 9.17) is 5.73 Å². The Morgan fingerprint density at radius 1 is 1.54 bits per heavy atom. The fourth-order valence-electron chi connectivity index (χ4n) is 0.631. The van der Waals surface area contributed by atoms with Crippen LogP contribution >= 0.6 is 0 Å². The second-order valence-corrected chi connectivity index (χ2v) is 2.28. The molecule has 0 aliphatic carbocycles. The highest BCUT2D eigenvalue weighted by molar-refractivity contribution is 5.19. The smallest absolute Gasteiger partial charge is 0.381 e. The first-order valence-corrected chi connectivity index (χ1v) is 3.27. The normalized spacial score (nSPS) is 11.9. The van der Waals surface area contributed by atoms with Crippen LogP contribution in [0.3, 0.4) is 0 Å². The van der Waals surface area contributed by atoms with Gasteiger partial charge in [0.05, 0.1) is 6.20 Å². The highest BCUT2D eigenvalue weighted by atomic mass is 19.4. The van der Waals surface area contributed by atoms with Gasteiger partial charge in [0.2, 0.25) is 0 Å². The minimum absolute atomic E-state index is 0.135. The average molecular weight is 196 g/mol. The molecular formula is C5H7F3N4O. The van der Waals surface area contributed by atoms with E-state index in [1.165, 1.54) is 6.20 Å². The monoisotopic (exact) mass is 196 g/mol. The molecule has 13 heavy (non-hydrogen) atoms. The van der Waals surface area contributed by atoms with Gasteiger partial charge in [-0.15, -0.1) is 5.10 Å². The van der Waals surface area contributed by atoms with Crippen LogP contribution in [0.25, 0.3) is 0 Å². The molecule has 2 N–H and O–H groups in total. The molecule has 0 fully saturated rings. The third kappa shape index (κ3) is 3.74. The molecule has 0 unspecified atom stereocenters. The van der Waals surface area contributed by atoms with Crippen molar-refractivity contribution in [3.05, 3.63) is 6.20 Å². The van der Waals surface area contributed by atoms with Crippen molar-refractivity contribution < 1.29 is 17.9 Å². The van der Waals surface area contributed by atoms with E-state index in [0.717, 1.165) is 4.68 Å². The van der Waals surface area contributed by atoms with Crippen LogP contribution in [0.1, 0.15) is 0 Å². The number of ether oxygens (including phenoxy) is 1. The Kier molecular flexibility index (Phi) is 2.71. The van der Waals surface area contributed by atoms with E-state index < -0.39 is 12.8 Å². The highest BCUT2D eigenvalue weighted by Crippen LogP contribution is 2.14. The number of halogens is 3. The number of anilines is 1. The number of aromatic nitrogens is 3. The maximum absolute atomic E-state index is 11.6. The Labute approximate surface area is 71.3 Å². The summed E-state index contributed by atoms with van der Waals surface area (Å²) in [4.78, 5) is 0. The molecule has 0 aliphatic heterocycles. The van der Waals surface area contributed by atoms with Crippen molar-refractivity contribution in [2.24, 2.45) is 0 Å². The van der Waals surface area contributed by atoms with Gasteiger partial charge in [-0.2, -0.15) is 13.2 Å². The molecule has 0 aromatic carbocycles. The third-order valence-electron chi connectivity index (χ3n) is 1.05. The van der Waals surface area contributed by atoms with Gasteiger partial charge < -0.3 is 10.5 Å². The average Bonchev–Trinajstić information content (AvgIpc) is 2.33. The first-order chi connectivity index (χ1) is 5.97. The van der Waals surface area contributed by atoms with Crippen LogP contribution in [-0.2, 0) is 11.5 Å². The summed E-state index contributed by atoms with van der Waals surface area (Å²) in [7, 11) is 0. The highest BCUT2D eigenvalue weighted by Gasteiger charge is 2.27. The molecule has 0 bridgehead atoms. The van der Waals surface area contributed by atoms with E-state index in [2.05, 4.69) is 15.0 Å². The van der Waals surface area contributed by atoms with Crippen molar-refractivity contribution in [1.82, 2.24) is 15.0 Å². The van der Waals surface area contributed by atoms with Crippen molar-refractivity contribution in [1.29, 1.82) is 0 Å². The molecular weight excluding hydrogens is 189 g/mol. The summed E-state index contributed by atoms with van der Waals surface area (Å²) in [5, 5.41) is 6.75. The maximum atomic E-state index is 11.6. The lowest BCUT2D eigenvalue weighted by molar-refractivity contribution is -0.182. The van der Waals surface area contributed by atoms with E-state index in [1.807, 2.05) is 0 Å². The maximum Gasteiger partial charge on any atom is 0.411 e. The quantitative estimate of drug-likeness (QED) is 0.759. The first kappa shape index (κ1) is 9.78. The second-order valence-electron chi connectivity index (χ2n) is 2.28. The van der Waals surface area contributed by atoms with Crippen molar-refractivity contribution in [2.75, 3.05) is 12.3 Å². The van der Waals surface area contributed by atoms with Gasteiger partial charge >= 0.3 is 6.18 Å². The van der Waals surface area contributed by atoms with E-state index in [1.54, 1.807) is 0 Å². The lowest BCUT2D eigenvalue weighted by Gasteiger charge is -2.06.